The normalized spacial score (nSPS) is 10.3. The number of rotatable bonds is 4. The quantitative estimate of drug-likeness (QED) is 0.724. The number of H-pyrrole nitrogens is 1. The topological polar surface area (TPSA) is 102 Å². The van der Waals surface area contributed by atoms with Crippen molar-refractivity contribution in [2.45, 2.75) is 6.92 Å². The van der Waals surface area contributed by atoms with Gasteiger partial charge in [0.05, 0.1) is 0 Å². The molecule has 0 bridgehead atoms. The number of aromatic amines is 1. The number of hydrogen-bond donors (Lipinski definition) is 2. The predicted octanol–water partition coefficient (Wildman–Crippen LogP) is -0.307. The van der Waals surface area contributed by atoms with Gasteiger partial charge in [-0.25, -0.2) is 4.98 Å². The smallest absolute Gasteiger partial charge is 0.280 e. The first-order valence-electron chi connectivity index (χ1n) is 5.11. The summed E-state index contributed by atoms with van der Waals surface area (Å²) in [6.07, 6.45) is 2.88. The average Bonchev–Trinajstić information content (AvgIpc) is 2.69. The van der Waals surface area contributed by atoms with Gasteiger partial charge in [-0.15, -0.1) is 0 Å². The van der Waals surface area contributed by atoms with Gasteiger partial charge >= 0.3 is 0 Å². The SMILES string of the molecule is C=CCOn1cnc2c(=O)[nH]c(NC(C)=O)nc21. The summed E-state index contributed by atoms with van der Waals surface area (Å²) in [4.78, 5) is 38.1. The second-order valence-corrected chi connectivity index (χ2v) is 3.42. The van der Waals surface area contributed by atoms with Crippen molar-refractivity contribution in [2.75, 3.05) is 11.9 Å². The van der Waals surface area contributed by atoms with Gasteiger partial charge in [0.2, 0.25) is 17.5 Å². The second-order valence-electron chi connectivity index (χ2n) is 3.42. The third-order valence-electron chi connectivity index (χ3n) is 2.00. The summed E-state index contributed by atoms with van der Waals surface area (Å²) in [6.45, 7) is 5.07. The maximum Gasteiger partial charge on any atom is 0.280 e. The average molecular weight is 249 g/mol. The Bertz CT molecular complexity index is 657. The molecule has 0 aromatic carbocycles. The van der Waals surface area contributed by atoms with E-state index >= 15 is 0 Å². The van der Waals surface area contributed by atoms with E-state index in [-0.39, 0.29) is 29.6 Å². The summed E-state index contributed by atoms with van der Waals surface area (Å²) in [5.41, 5.74) is -0.0952. The van der Waals surface area contributed by atoms with Crippen molar-refractivity contribution in [2.24, 2.45) is 0 Å². The number of amides is 1. The fourth-order valence-electron chi connectivity index (χ4n) is 1.34. The van der Waals surface area contributed by atoms with Gasteiger partial charge in [-0.05, 0) is 0 Å². The lowest BCUT2D eigenvalue weighted by Crippen LogP contribution is -2.18. The molecule has 8 nitrogen and oxygen atoms in total. The molecule has 0 aliphatic heterocycles. The molecule has 0 aliphatic carbocycles. The van der Waals surface area contributed by atoms with E-state index in [2.05, 4.69) is 26.8 Å². The number of carbonyl (C=O) groups is 1. The lowest BCUT2D eigenvalue weighted by molar-refractivity contribution is -0.114. The molecule has 2 aromatic rings. The first-order chi connectivity index (χ1) is 8.61. The first-order valence-corrected chi connectivity index (χ1v) is 5.11. The van der Waals surface area contributed by atoms with E-state index in [1.807, 2.05) is 0 Å². The summed E-state index contributed by atoms with van der Waals surface area (Å²) < 4.78 is 1.25. The second kappa shape index (κ2) is 4.70. The predicted molar refractivity (Wildman–Crippen MR) is 64.1 cm³/mol. The Morgan fingerprint density at radius 3 is 3.17 bits per heavy atom. The van der Waals surface area contributed by atoms with Gasteiger partial charge in [-0.1, -0.05) is 12.7 Å². The summed E-state index contributed by atoms with van der Waals surface area (Å²) in [5.74, 6) is -0.292. The van der Waals surface area contributed by atoms with Gasteiger partial charge in [-0.2, -0.15) is 9.71 Å². The van der Waals surface area contributed by atoms with Crippen molar-refractivity contribution in [3.8, 4) is 0 Å². The van der Waals surface area contributed by atoms with Crippen LogP contribution < -0.4 is 15.7 Å². The fourth-order valence-corrected chi connectivity index (χ4v) is 1.34. The van der Waals surface area contributed by atoms with Crippen LogP contribution in [-0.4, -0.2) is 32.2 Å². The molecule has 2 rings (SSSR count). The van der Waals surface area contributed by atoms with Gasteiger partial charge in [0, 0.05) is 6.92 Å². The third-order valence-corrected chi connectivity index (χ3v) is 2.00. The number of nitrogens with one attached hydrogen (secondary N) is 2. The zero-order valence-corrected chi connectivity index (χ0v) is 9.64. The van der Waals surface area contributed by atoms with Crippen molar-refractivity contribution in [1.29, 1.82) is 0 Å². The van der Waals surface area contributed by atoms with Crippen LogP contribution in [0.1, 0.15) is 6.92 Å². The van der Waals surface area contributed by atoms with Crippen LogP contribution in [0, 0.1) is 0 Å². The number of hydrogen-bond acceptors (Lipinski definition) is 5. The number of imidazole rings is 1. The monoisotopic (exact) mass is 249 g/mol. The van der Waals surface area contributed by atoms with Crippen molar-refractivity contribution in [1.82, 2.24) is 19.7 Å². The molecule has 0 atom stereocenters. The largest absolute Gasteiger partial charge is 0.407 e. The van der Waals surface area contributed by atoms with Crippen molar-refractivity contribution in [3.63, 3.8) is 0 Å². The van der Waals surface area contributed by atoms with E-state index < -0.39 is 5.56 Å². The van der Waals surface area contributed by atoms with E-state index in [4.69, 9.17) is 4.84 Å². The highest BCUT2D eigenvalue weighted by Crippen LogP contribution is 2.06. The minimum Gasteiger partial charge on any atom is -0.407 e. The third kappa shape index (κ3) is 2.21. The van der Waals surface area contributed by atoms with E-state index in [0.29, 0.717) is 0 Å². The summed E-state index contributed by atoms with van der Waals surface area (Å²) in [5, 5.41) is 2.39. The molecule has 2 N–H and O–H groups in total. The first kappa shape index (κ1) is 11.8. The molecular formula is C10H11N5O3. The molecule has 8 heteroatoms. The van der Waals surface area contributed by atoms with Crippen LogP contribution in [0.25, 0.3) is 11.2 Å². The summed E-state index contributed by atoms with van der Waals surface area (Å²) >= 11 is 0. The zero-order valence-electron chi connectivity index (χ0n) is 9.64. The minimum atomic E-state index is -0.454. The van der Waals surface area contributed by atoms with Gasteiger partial charge in [0.25, 0.3) is 5.56 Å². The Morgan fingerprint density at radius 1 is 1.72 bits per heavy atom. The molecule has 94 valence electrons. The number of fused-ring (bicyclic) bond motifs is 1. The molecular weight excluding hydrogens is 238 g/mol. The number of nitrogens with zero attached hydrogens (tertiary/aromatic N) is 3. The van der Waals surface area contributed by atoms with E-state index in [1.165, 1.54) is 18.0 Å². The van der Waals surface area contributed by atoms with Crippen LogP contribution in [0.3, 0.4) is 0 Å². The van der Waals surface area contributed by atoms with Crippen molar-refractivity contribution in [3.05, 3.63) is 29.3 Å². The lowest BCUT2D eigenvalue weighted by Gasteiger charge is -2.04. The van der Waals surface area contributed by atoms with E-state index in [1.54, 1.807) is 6.08 Å². The molecule has 1 amide bonds. The van der Waals surface area contributed by atoms with Gasteiger partial charge < -0.3 is 4.84 Å². The van der Waals surface area contributed by atoms with Gasteiger partial charge in [0.15, 0.2) is 5.52 Å². The molecule has 2 aromatic heterocycles. The maximum atomic E-state index is 11.7. The van der Waals surface area contributed by atoms with Crippen LogP contribution >= 0.6 is 0 Å². The van der Waals surface area contributed by atoms with Crippen molar-refractivity contribution >= 4 is 23.0 Å². The molecule has 0 fully saturated rings. The molecule has 0 saturated heterocycles. The van der Waals surface area contributed by atoms with Crippen LogP contribution in [-0.2, 0) is 4.79 Å². The Morgan fingerprint density at radius 2 is 2.50 bits per heavy atom. The number of anilines is 1. The number of carbonyl (C=O) groups excluding carboxylic acids is 1. The highest BCUT2D eigenvalue weighted by atomic mass is 16.7. The standard InChI is InChI=1S/C10H11N5O3/c1-3-4-18-15-5-11-7-8(15)13-10(12-6(2)16)14-9(7)17/h3,5H,1,4H2,2H3,(H2,12,13,14,16,17). The Labute approximate surface area is 101 Å². The molecule has 0 aliphatic rings. The van der Waals surface area contributed by atoms with E-state index in [9.17, 15) is 9.59 Å². The van der Waals surface area contributed by atoms with Crippen molar-refractivity contribution < 1.29 is 9.63 Å². The molecule has 2 heterocycles. The molecule has 0 radical (unpaired) electrons. The fraction of sp³-hybridized carbons (Fsp3) is 0.200. The van der Waals surface area contributed by atoms with Crippen LogP contribution in [0.4, 0.5) is 5.95 Å². The maximum absolute atomic E-state index is 11.7. The van der Waals surface area contributed by atoms with Crippen LogP contribution in [0.15, 0.2) is 23.8 Å². The summed E-state index contributed by atoms with van der Waals surface area (Å²) in [6, 6.07) is 0. The summed E-state index contributed by atoms with van der Waals surface area (Å²) in [7, 11) is 0. The van der Waals surface area contributed by atoms with Crippen LogP contribution in [0.2, 0.25) is 0 Å². The number of aromatic nitrogens is 4. The highest BCUT2D eigenvalue weighted by molar-refractivity contribution is 5.87. The minimum absolute atomic E-state index is 0.0453. The molecule has 0 saturated carbocycles. The Hall–Kier alpha value is -2.64. The molecule has 18 heavy (non-hydrogen) atoms. The molecule has 0 unspecified atom stereocenters. The van der Waals surface area contributed by atoms with E-state index in [0.717, 1.165) is 0 Å². The lowest BCUT2D eigenvalue weighted by atomic mass is 10.5. The zero-order chi connectivity index (χ0) is 13.1. The van der Waals surface area contributed by atoms with Gasteiger partial charge in [-0.3, -0.25) is 19.9 Å². The Kier molecular flexibility index (Phi) is 3.09. The van der Waals surface area contributed by atoms with Crippen LogP contribution in [0.5, 0.6) is 0 Å². The highest BCUT2D eigenvalue weighted by Gasteiger charge is 2.11. The molecule has 0 spiro atoms. The van der Waals surface area contributed by atoms with Gasteiger partial charge in [0.1, 0.15) is 12.9 Å². The Balaban J connectivity index is 2.49.